The Hall–Kier alpha value is -2.65. The van der Waals surface area contributed by atoms with Crippen molar-refractivity contribution in [2.24, 2.45) is 0 Å². The van der Waals surface area contributed by atoms with Crippen LogP contribution in [-0.2, 0) is 19.0 Å². The van der Waals surface area contributed by atoms with Crippen molar-refractivity contribution in [3.63, 3.8) is 0 Å². The normalized spacial score (nSPS) is 11.5. The van der Waals surface area contributed by atoms with Crippen LogP contribution in [0.5, 0.6) is 5.75 Å². The Bertz CT molecular complexity index is 1120. The number of hydrogen-bond donors (Lipinski definition) is 0. The van der Waals surface area contributed by atoms with Gasteiger partial charge in [-0.3, -0.25) is 0 Å². The van der Waals surface area contributed by atoms with Gasteiger partial charge in [-0.25, -0.2) is 14.4 Å². The summed E-state index contributed by atoms with van der Waals surface area (Å²) >= 11 is 2.59. The Balaban J connectivity index is 2.04. The van der Waals surface area contributed by atoms with Crippen molar-refractivity contribution in [3.8, 4) is 5.75 Å². The molecule has 0 aliphatic rings. The van der Waals surface area contributed by atoms with Crippen LogP contribution in [0.1, 0.15) is 47.7 Å². The number of hydrogen-bond acceptors (Lipinski definition) is 9. The van der Waals surface area contributed by atoms with E-state index in [-0.39, 0.29) is 23.8 Å². The van der Waals surface area contributed by atoms with Crippen LogP contribution in [0, 0.1) is 0 Å². The molecular weight excluding hydrogens is 428 g/mol. The van der Waals surface area contributed by atoms with E-state index in [1.807, 2.05) is 26.8 Å². The third-order valence-electron chi connectivity index (χ3n) is 3.91. The van der Waals surface area contributed by atoms with Gasteiger partial charge in [0.15, 0.2) is 17.2 Å². The molecule has 3 rings (SSSR count). The van der Waals surface area contributed by atoms with Crippen molar-refractivity contribution < 1.29 is 33.3 Å². The molecule has 0 N–H and O–H groups in total. The maximum atomic E-state index is 12.4. The number of carbonyl (C=O) groups excluding carboxylic acids is 3. The zero-order valence-corrected chi connectivity index (χ0v) is 19.0. The highest BCUT2D eigenvalue weighted by atomic mass is 32.1. The van der Waals surface area contributed by atoms with Gasteiger partial charge in [0.25, 0.3) is 0 Å². The zero-order chi connectivity index (χ0) is 22.1. The molecule has 0 atom stereocenters. The van der Waals surface area contributed by atoms with Crippen LogP contribution in [0.25, 0.3) is 19.5 Å². The van der Waals surface area contributed by atoms with Crippen molar-refractivity contribution in [1.29, 1.82) is 0 Å². The summed E-state index contributed by atoms with van der Waals surface area (Å²) in [6.45, 7) is 7.06. The average Bonchev–Trinajstić information content (AvgIpc) is 3.20. The monoisotopic (exact) mass is 450 g/mol. The fourth-order valence-corrected chi connectivity index (χ4v) is 5.35. The highest BCUT2D eigenvalue weighted by Gasteiger charge is 2.25. The molecule has 3 aromatic rings. The molecule has 0 fully saturated rings. The standard InChI is InChI=1S/C21H22O7S2/c1-6-26-14(22)10-27-15-17-16(30-18(15)20(24)25-5)12-8-7-11(9-13(12)29-17)19(23)28-21(2,3)4/h7-9H,6,10H2,1-5H3. The van der Waals surface area contributed by atoms with Crippen molar-refractivity contribution in [1.82, 2.24) is 0 Å². The third-order valence-corrected chi connectivity index (χ3v) is 6.37. The fraction of sp³-hybridized carbons (Fsp3) is 0.381. The quantitative estimate of drug-likeness (QED) is 0.394. The molecule has 0 saturated heterocycles. The molecular formula is C21H22O7S2. The molecule has 0 bridgehead atoms. The van der Waals surface area contributed by atoms with Gasteiger partial charge >= 0.3 is 17.9 Å². The number of methoxy groups -OCH3 is 1. The minimum absolute atomic E-state index is 0.238. The van der Waals surface area contributed by atoms with Gasteiger partial charge in [-0.1, -0.05) is 6.07 Å². The summed E-state index contributed by atoms with van der Waals surface area (Å²) in [5, 5.41) is 0.878. The van der Waals surface area contributed by atoms with Gasteiger partial charge < -0.3 is 18.9 Å². The molecule has 0 unspecified atom stereocenters. The number of carbonyl (C=O) groups is 3. The lowest BCUT2D eigenvalue weighted by Crippen LogP contribution is -2.23. The summed E-state index contributed by atoms with van der Waals surface area (Å²) in [6, 6.07) is 5.27. The fourth-order valence-electron chi connectivity index (χ4n) is 2.73. The first kappa shape index (κ1) is 22.0. The predicted octanol–water partition coefficient (Wildman–Crippen LogP) is 4.80. The summed E-state index contributed by atoms with van der Waals surface area (Å²) in [5.74, 6) is -1.19. The van der Waals surface area contributed by atoms with E-state index in [9.17, 15) is 14.4 Å². The summed E-state index contributed by atoms with van der Waals surface area (Å²) in [6.07, 6.45) is 0. The Morgan fingerprint density at radius 3 is 2.40 bits per heavy atom. The molecule has 0 saturated carbocycles. The molecule has 0 amide bonds. The van der Waals surface area contributed by atoms with Gasteiger partial charge in [-0.05, 0) is 39.8 Å². The van der Waals surface area contributed by atoms with E-state index in [1.54, 1.807) is 19.1 Å². The van der Waals surface area contributed by atoms with Gasteiger partial charge in [0.1, 0.15) is 5.60 Å². The van der Waals surface area contributed by atoms with Crippen LogP contribution in [0.3, 0.4) is 0 Å². The second kappa shape index (κ2) is 8.61. The lowest BCUT2D eigenvalue weighted by atomic mass is 10.1. The van der Waals surface area contributed by atoms with Crippen LogP contribution in [0.15, 0.2) is 18.2 Å². The minimum atomic E-state index is -0.592. The van der Waals surface area contributed by atoms with E-state index in [1.165, 1.54) is 29.8 Å². The second-order valence-electron chi connectivity index (χ2n) is 7.32. The molecule has 7 nitrogen and oxygen atoms in total. The van der Waals surface area contributed by atoms with Crippen molar-refractivity contribution in [3.05, 3.63) is 28.6 Å². The molecule has 2 aromatic heterocycles. The highest BCUT2D eigenvalue weighted by Crippen LogP contribution is 2.47. The number of ether oxygens (including phenoxy) is 4. The molecule has 2 heterocycles. The molecule has 30 heavy (non-hydrogen) atoms. The SMILES string of the molecule is CCOC(=O)COc1c(C(=O)OC)sc2c1sc1cc(C(=O)OC(C)(C)C)ccc12. The smallest absolute Gasteiger partial charge is 0.351 e. The van der Waals surface area contributed by atoms with E-state index >= 15 is 0 Å². The largest absolute Gasteiger partial charge is 0.479 e. The molecule has 0 aliphatic heterocycles. The maximum Gasteiger partial charge on any atom is 0.351 e. The number of thiophene rings is 2. The molecule has 0 radical (unpaired) electrons. The van der Waals surface area contributed by atoms with Crippen LogP contribution >= 0.6 is 22.7 Å². The third kappa shape index (κ3) is 4.57. The Morgan fingerprint density at radius 2 is 1.77 bits per heavy atom. The maximum absolute atomic E-state index is 12.4. The van der Waals surface area contributed by atoms with E-state index in [4.69, 9.17) is 18.9 Å². The summed E-state index contributed by atoms with van der Waals surface area (Å²) in [5.41, 5.74) is -0.153. The van der Waals surface area contributed by atoms with E-state index in [2.05, 4.69) is 0 Å². The molecule has 0 aliphatic carbocycles. The predicted molar refractivity (Wildman–Crippen MR) is 116 cm³/mol. The van der Waals surface area contributed by atoms with Crippen molar-refractivity contribution in [2.75, 3.05) is 20.3 Å². The zero-order valence-electron chi connectivity index (χ0n) is 17.3. The molecule has 9 heteroatoms. The van der Waals surface area contributed by atoms with E-state index in [0.717, 1.165) is 14.8 Å². The van der Waals surface area contributed by atoms with Gasteiger partial charge in [0.05, 0.1) is 28.7 Å². The second-order valence-corrected chi connectivity index (χ2v) is 9.39. The summed E-state index contributed by atoms with van der Waals surface area (Å²) in [4.78, 5) is 36.6. The first-order chi connectivity index (χ1) is 14.1. The van der Waals surface area contributed by atoms with E-state index in [0.29, 0.717) is 10.3 Å². The molecule has 0 spiro atoms. The Labute approximate surface area is 181 Å². The Morgan fingerprint density at radius 1 is 1.03 bits per heavy atom. The topological polar surface area (TPSA) is 88.1 Å². The first-order valence-electron chi connectivity index (χ1n) is 9.23. The van der Waals surface area contributed by atoms with Crippen molar-refractivity contribution in [2.45, 2.75) is 33.3 Å². The van der Waals surface area contributed by atoms with Crippen LogP contribution in [-0.4, -0.2) is 43.8 Å². The van der Waals surface area contributed by atoms with Crippen LogP contribution in [0.2, 0.25) is 0 Å². The number of benzene rings is 1. The highest BCUT2D eigenvalue weighted by molar-refractivity contribution is 7.34. The van der Waals surface area contributed by atoms with E-state index < -0.39 is 23.5 Å². The number of esters is 3. The lowest BCUT2D eigenvalue weighted by molar-refractivity contribution is -0.145. The minimum Gasteiger partial charge on any atom is -0.479 e. The van der Waals surface area contributed by atoms with Gasteiger partial charge in [-0.15, -0.1) is 22.7 Å². The van der Waals surface area contributed by atoms with Crippen LogP contribution < -0.4 is 4.74 Å². The lowest BCUT2D eigenvalue weighted by Gasteiger charge is -2.19. The average molecular weight is 451 g/mol. The first-order valence-corrected chi connectivity index (χ1v) is 10.9. The summed E-state index contributed by atoms with van der Waals surface area (Å²) < 4.78 is 23.2. The summed E-state index contributed by atoms with van der Waals surface area (Å²) in [7, 11) is 1.29. The molecule has 160 valence electrons. The van der Waals surface area contributed by atoms with Gasteiger partial charge in [-0.2, -0.15) is 0 Å². The van der Waals surface area contributed by atoms with Gasteiger partial charge in [0, 0.05) is 10.1 Å². The van der Waals surface area contributed by atoms with Crippen molar-refractivity contribution >= 4 is 60.1 Å². The number of rotatable bonds is 6. The Kier molecular flexibility index (Phi) is 6.33. The molecule has 1 aromatic carbocycles. The number of fused-ring (bicyclic) bond motifs is 3. The van der Waals surface area contributed by atoms with Crippen LogP contribution in [0.4, 0.5) is 0 Å². The van der Waals surface area contributed by atoms with Gasteiger partial charge in [0.2, 0.25) is 0 Å².